The number of ketones is 1. The van der Waals surface area contributed by atoms with E-state index < -0.39 is 17.1 Å². The van der Waals surface area contributed by atoms with Gasteiger partial charge in [0.25, 0.3) is 0 Å². The Hall–Kier alpha value is -2.19. The SMILES string of the molecule is O=C(c1ccc2ncccc2c1)c1cc(F)cc(CCCNS(=O)O)c1Cl. The van der Waals surface area contributed by atoms with E-state index in [0.29, 0.717) is 24.0 Å². The zero-order chi connectivity index (χ0) is 19.4. The van der Waals surface area contributed by atoms with Gasteiger partial charge in [-0.2, -0.15) is 0 Å². The fraction of sp³-hybridized carbons (Fsp3) is 0.158. The van der Waals surface area contributed by atoms with Gasteiger partial charge in [0.2, 0.25) is 11.3 Å². The number of carbonyl (C=O) groups excluding carboxylic acids is 1. The van der Waals surface area contributed by atoms with Crippen molar-refractivity contribution >= 4 is 39.6 Å². The van der Waals surface area contributed by atoms with E-state index in [9.17, 15) is 13.4 Å². The Morgan fingerprint density at radius 2 is 2.07 bits per heavy atom. The molecular weight excluding hydrogens is 391 g/mol. The van der Waals surface area contributed by atoms with Gasteiger partial charge in [0, 0.05) is 29.3 Å². The molecular formula is C19H16ClFN2O3S. The van der Waals surface area contributed by atoms with E-state index in [0.717, 1.165) is 17.0 Å². The Balaban J connectivity index is 1.88. The molecule has 0 saturated carbocycles. The molecule has 1 atom stereocenters. The van der Waals surface area contributed by atoms with Crippen molar-refractivity contribution in [1.82, 2.24) is 9.71 Å². The first-order valence-electron chi connectivity index (χ1n) is 8.17. The molecule has 2 aromatic carbocycles. The summed E-state index contributed by atoms with van der Waals surface area (Å²) < 4.78 is 35.7. The molecule has 0 bridgehead atoms. The Morgan fingerprint density at radius 3 is 2.85 bits per heavy atom. The molecule has 1 unspecified atom stereocenters. The van der Waals surface area contributed by atoms with Crippen LogP contribution in [-0.4, -0.2) is 26.1 Å². The molecule has 8 heteroatoms. The van der Waals surface area contributed by atoms with Gasteiger partial charge in [-0.3, -0.25) is 14.3 Å². The van der Waals surface area contributed by atoms with Crippen LogP contribution in [0.4, 0.5) is 4.39 Å². The molecule has 0 aliphatic rings. The van der Waals surface area contributed by atoms with Gasteiger partial charge < -0.3 is 0 Å². The number of aryl methyl sites for hydroxylation is 1. The molecule has 0 aliphatic carbocycles. The molecule has 2 N–H and O–H groups in total. The summed E-state index contributed by atoms with van der Waals surface area (Å²) >= 11 is 4.26. The molecule has 0 spiro atoms. The Kier molecular flexibility index (Phi) is 6.28. The fourth-order valence-corrected chi connectivity index (χ4v) is 3.41. The number of pyridine rings is 1. The average molecular weight is 407 g/mol. The van der Waals surface area contributed by atoms with Crippen LogP contribution in [0.5, 0.6) is 0 Å². The van der Waals surface area contributed by atoms with E-state index in [1.165, 1.54) is 6.07 Å². The lowest BCUT2D eigenvalue weighted by Crippen LogP contribution is -2.18. The second kappa shape index (κ2) is 8.67. The zero-order valence-corrected chi connectivity index (χ0v) is 15.7. The summed E-state index contributed by atoms with van der Waals surface area (Å²) in [6, 6.07) is 11.1. The molecule has 0 amide bonds. The number of hydrogen-bond donors (Lipinski definition) is 2. The number of rotatable bonds is 7. The molecule has 140 valence electrons. The predicted molar refractivity (Wildman–Crippen MR) is 104 cm³/mol. The van der Waals surface area contributed by atoms with E-state index in [2.05, 4.69) is 9.71 Å². The first-order valence-corrected chi connectivity index (χ1v) is 9.66. The summed E-state index contributed by atoms with van der Waals surface area (Å²) in [5, 5.41) is 0.997. The van der Waals surface area contributed by atoms with Crippen LogP contribution in [-0.2, 0) is 17.7 Å². The second-order valence-electron chi connectivity index (χ2n) is 5.91. The van der Waals surface area contributed by atoms with Crippen molar-refractivity contribution in [3.8, 4) is 0 Å². The largest absolute Gasteiger partial charge is 0.294 e. The van der Waals surface area contributed by atoms with Crippen LogP contribution in [0.2, 0.25) is 5.02 Å². The molecule has 1 aromatic heterocycles. The van der Waals surface area contributed by atoms with Crippen LogP contribution >= 0.6 is 11.6 Å². The summed E-state index contributed by atoms with van der Waals surface area (Å²) in [6.45, 7) is 0.261. The number of benzene rings is 2. The standard InChI is InChI=1S/C19H16ClFN2O3S/c20-18-13(4-2-8-23-27(25)26)10-15(21)11-16(18)19(24)14-5-6-17-12(9-14)3-1-7-22-17/h1,3,5-7,9-11,23H,2,4,8H2,(H,25,26). The molecule has 5 nitrogen and oxygen atoms in total. The summed E-state index contributed by atoms with van der Waals surface area (Å²) in [4.78, 5) is 17.1. The lowest BCUT2D eigenvalue weighted by Gasteiger charge is -2.10. The normalized spacial score (nSPS) is 12.3. The number of nitrogens with zero attached hydrogens (tertiary/aromatic N) is 1. The van der Waals surface area contributed by atoms with Gasteiger partial charge in [-0.05, 0) is 54.8 Å². The predicted octanol–water partition coefficient (Wildman–Crippen LogP) is 3.92. The minimum atomic E-state index is -2.10. The fourth-order valence-electron chi connectivity index (χ4n) is 2.80. The number of fused-ring (bicyclic) bond motifs is 1. The molecule has 0 radical (unpaired) electrons. The van der Waals surface area contributed by atoms with Gasteiger partial charge in [0.15, 0.2) is 5.78 Å². The van der Waals surface area contributed by atoms with Gasteiger partial charge in [0.1, 0.15) is 5.82 Å². The highest BCUT2D eigenvalue weighted by molar-refractivity contribution is 7.77. The van der Waals surface area contributed by atoms with E-state index in [1.807, 2.05) is 6.07 Å². The zero-order valence-electron chi connectivity index (χ0n) is 14.1. The van der Waals surface area contributed by atoms with Gasteiger partial charge >= 0.3 is 0 Å². The summed E-state index contributed by atoms with van der Waals surface area (Å²) in [5.74, 6) is -0.931. The highest BCUT2D eigenvalue weighted by Gasteiger charge is 2.18. The van der Waals surface area contributed by atoms with Crippen LogP contribution < -0.4 is 4.72 Å². The topological polar surface area (TPSA) is 79.3 Å². The summed E-state index contributed by atoms with van der Waals surface area (Å²) in [7, 11) is 0. The van der Waals surface area contributed by atoms with E-state index >= 15 is 0 Å². The van der Waals surface area contributed by atoms with Gasteiger partial charge in [-0.25, -0.2) is 13.3 Å². The lowest BCUT2D eigenvalue weighted by atomic mass is 9.98. The summed E-state index contributed by atoms with van der Waals surface area (Å²) in [5.41, 5.74) is 1.72. The van der Waals surface area contributed by atoms with Crippen molar-refractivity contribution in [2.45, 2.75) is 12.8 Å². The lowest BCUT2D eigenvalue weighted by molar-refractivity contribution is 0.103. The van der Waals surface area contributed by atoms with Crippen LogP contribution in [0.15, 0.2) is 48.7 Å². The first kappa shape index (κ1) is 19.6. The number of aromatic nitrogens is 1. The van der Waals surface area contributed by atoms with Crippen LogP contribution in [0.3, 0.4) is 0 Å². The first-order chi connectivity index (χ1) is 13.0. The maximum atomic E-state index is 14.0. The van der Waals surface area contributed by atoms with E-state index in [4.69, 9.17) is 16.2 Å². The third kappa shape index (κ3) is 4.75. The monoisotopic (exact) mass is 406 g/mol. The number of hydrogen-bond acceptors (Lipinski definition) is 3. The molecule has 0 fully saturated rings. The summed E-state index contributed by atoms with van der Waals surface area (Å²) in [6.07, 6.45) is 2.49. The van der Waals surface area contributed by atoms with Crippen molar-refractivity contribution in [2.75, 3.05) is 6.54 Å². The van der Waals surface area contributed by atoms with Crippen LogP contribution in [0, 0.1) is 5.82 Å². The minimum absolute atomic E-state index is 0.0913. The molecule has 0 saturated heterocycles. The van der Waals surface area contributed by atoms with Crippen molar-refractivity contribution in [1.29, 1.82) is 0 Å². The van der Waals surface area contributed by atoms with E-state index in [-0.39, 0.29) is 22.9 Å². The number of carbonyl (C=O) groups is 1. The third-order valence-corrected chi connectivity index (χ3v) is 4.97. The van der Waals surface area contributed by atoms with Crippen molar-refractivity contribution in [3.63, 3.8) is 0 Å². The highest BCUT2D eigenvalue weighted by Crippen LogP contribution is 2.27. The smallest absolute Gasteiger partial charge is 0.231 e. The van der Waals surface area contributed by atoms with Crippen LogP contribution in [0.25, 0.3) is 10.9 Å². The van der Waals surface area contributed by atoms with Crippen molar-refractivity contribution in [3.05, 3.63) is 76.2 Å². The number of halogens is 2. The maximum Gasteiger partial charge on any atom is 0.231 e. The number of nitrogens with one attached hydrogen (secondary N) is 1. The molecule has 1 heterocycles. The molecule has 27 heavy (non-hydrogen) atoms. The van der Waals surface area contributed by atoms with Crippen molar-refractivity contribution in [2.24, 2.45) is 0 Å². The molecule has 0 aliphatic heterocycles. The highest BCUT2D eigenvalue weighted by atomic mass is 35.5. The van der Waals surface area contributed by atoms with E-state index in [1.54, 1.807) is 30.5 Å². The Labute approximate surface area is 163 Å². The van der Waals surface area contributed by atoms with Crippen molar-refractivity contribution < 1.29 is 17.9 Å². The average Bonchev–Trinajstić information content (AvgIpc) is 2.66. The van der Waals surface area contributed by atoms with Gasteiger partial charge in [-0.15, -0.1) is 0 Å². The quantitative estimate of drug-likeness (QED) is 0.354. The molecule has 3 rings (SSSR count). The molecule has 3 aromatic rings. The third-order valence-electron chi connectivity index (χ3n) is 4.07. The van der Waals surface area contributed by atoms with Gasteiger partial charge in [0.05, 0.1) is 10.5 Å². The maximum absolute atomic E-state index is 14.0. The second-order valence-corrected chi connectivity index (χ2v) is 7.08. The van der Waals surface area contributed by atoms with Crippen LogP contribution in [0.1, 0.15) is 27.9 Å². The Bertz CT molecular complexity index is 1030. The van der Waals surface area contributed by atoms with Gasteiger partial charge in [-0.1, -0.05) is 17.7 Å². The minimum Gasteiger partial charge on any atom is -0.294 e. The Morgan fingerprint density at radius 1 is 1.26 bits per heavy atom.